The Bertz CT molecular complexity index is 1050. The molecule has 3 aliphatic rings. The number of fused-ring (bicyclic) bond motifs is 3. The third kappa shape index (κ3) is 4.52. The first-order chi connectivity index (χ1) is 16.5. The number of hydrogen-bond donors (Lipinski definition) is 3. The third-order valence-corrected chi connectivity index (χ3v) is 7.64. The van der Waals surface area contributed by atoms with Gasteiger partial charge in [0.05, 0.1) is 11.8 Å². The van der Waals surface area contributed by atoms with Crippen LogP contribution in [0.15, 0.2) is 48.5 Å². The van der Waals surface area contributed by atoms with E-state index >= 15 is 0 Å². The summed E-state index contributed by atoms with van der Waals surface area (Å²) in [6, 6.07) is 16.4. The van der Waals surface area contributed by atoms with E-state index in [1.54, 1.807) is 0 Å². The molecule has 7 heteroatoms. The number of aliphatic carboxylic acids is 1. The smallest absolute Gasteiger partial charge is 0.407 e. The van der Waals surface area contributed by atoms with E-state index < -0.39 is 12.1 Å². The average Bonchev–Trinajstić information content (AvgIpc) is 3.53. The second-order valence-corrected chi connectivity index (χ2v) is 9.69. The highest BCUT2D eigenvalue weighted by Gasteiger charge is 2.43. The summed E-state index contributed by atoms with van der Waals surface area (Å²) in [6.45, 7) is 0.836. The summed E-state index contributed by atoms with van der Waals surface area (Å²) < 4.78 is 5.60. The first-order valence-corrected chi connectivity index (χ1v) is 12.1. The Kier molecular flexibility index (Phi) is 6.26. The molecule has 0 saturated heterocycles. The Morgan fingerprint density at radius 2 is 1.62 bits per heavy atom. The topological polar surface area (TPSA) is 105 Å². The third-order valence-electron chi connectivity index (χ3n) is 7.64. The summed E-state index contributed by atoms with van der Waals surface area (Å²) in [4.78, 5) is 36.3. The van der Waals surface area contributed by atoms with Gasteiger partial charge in [-0.25, -0.2) is 4.79 Å². The van der Waals surface area contributed by atoms with Crippen LogP contribution in [-0.4, -0.2) is 42.8 Å². The van der Waals surface area contributed by atoms with Crippen LogP contribution in [0.1, 0.15) is 42.7 Å². The van der Waals surface area contributed by atoms with Gasteiger partial charge in [0.15, 0.2) is 0 Å². The van der Waals surface area contributed by atoms with E-state index in [0.717, 1.165) is 30.4 Å². The Labute approximate surface area is 198 Å². The van der Waals surface area contributed by atoms with Crippen LogP contribution in [-0.2, 0) is 14.3 Å². The van der Waals surface area contributed by atoms with Gasteiger partial charge in [0, 0.05) is 19.0 Å². The second-order valence-electron chi connectivity index (χ2n) is 9.69. The van der Waals surface area contributed by atoms with Gasteiger partial charge >= 0.3 is 12.1 Å². The average molecular weight is 463 g/mol. The number of carboxylic acids is 1. The summed E-state index contributed by atoms with van der Waals surface area (Å²) in [5.74, 6) is -1.34. The van der Waals surface area contributed by atoms with E-state index in [1.807, 2.05) is 24.3 Å². The summed E-state index contributed by atoms with van der Waals surface area (Å²) >= 11 is 0. The first-order valence-electron chi connectivity index (χ1n) is 12.1. The molecule has 0 aromatic heterocycles. The molecular weight excluding hydrogens is 432 g/mol. The molecule has 2 fully saturated rings. The fraction of sp³-hybridized carbons (Fsp3) is 0.444. The molecule has 34 heavy (non-hydrogen) atoms. The zero-order valence-electron chi connectivity index (χ0n) is 19.0. The van der Waals surface area contributed by atoms with Crippen LogP contribution in [0.25, 0.3) is 11.1 Å². The lowest BCUT2D eigenvalue weighted by Crippen LogP contribution is -2.45. The van der Waals surface area contributed by atoms with Gasteiger partial charge < -0.3 is 20.5 Å². The molecule has 0 spiro atoms. The van der Waals surface area contributed by atoms with Crippen LogP contribution < -0.4 is 10.6 Å². The maximum absolute atomic E-state index is 12.8. The van der Waals surface area contributed by atoms with Crippen molar-refractivity contribution in [2.75, 3.05) is 19.7 Å². The van der Waals surface area contributed by atoms with Crippen LogP contribution in [0, 0.1) is 23.7 Å². The lowest BCUT2D eigenvalue weighted by Gasteiger charge is -2.33. The highest BCUT2D eigenvalue weighted by Crippen LogP contribution is 2.44. The number of alkyl carbamates (subject to hydrolysis) is 1. The molecule has 5 rings (SSSR count). The molecule has 3 N–H and O–H groups in total. The van der Waals surface area contributed by atoms with E-state index in [0.29, 0.717) is 13.0 Å². The fourth-order valence-electron chi connectivity index (χ4n) is 5.30. The molecule has 0 heterocycles. The highest BCUT2D eigenvalue weighted by molar-refractivity contribution is 5.81. The zero-order chi connectivity index (χ0) is 23.7. The molecule has 2 saturated carbocycles. The molecule has 2 amide bonds. The van der Waals surface area contributed by atoms with Gasteiger partial charge in [0.1, 0.15) is 6.61 Å². The van der Waals surface area contributed by atoms with Crippen molar-refractivity contribution in [3.05, 3.63) is 59.7 Å². The molecule has 2 aromatic carbocycles. The summed E-state index contributed by atoms with van der Waals surface area (Å²) in [7, 11) is 0. The van der Waals surface area contributed by atoms with Crippen molar-refractivity contribution in [2.45, 2.75) is 31.6 Å². The number of hydrogen-bond acceptors (Lipinski definition) is 4. The predicted octanol–water partition coefficient (Wildman–Crippen LogP) is 3.78. The second kappa shape index (κ2) is 9.49. The Balaban J connectivity index is 1.14. The van der Waals surface area contributed by atoms with E-state index in [-0.39, 0.29) is 48.6 Å². The molecule has 0 bridgehead atoms. The minimum atomic E-state index is -0.799. The highest BCUT2D eigenvalue weighted by atomic mass is 16.5. The van der Waals surface area contributed by atoms with Gasteiger partial charge in [-0.1, -0.05) is 55.0 Å². The number of benzene rings is 2. The normalized spacial score (nSPS) is 21.5. The molecule has 3 unspecified atom stereocenters. The largest absolute Gasteiger partial charge is 0.481 e. The number of amides is 2. The van der Waals surface area contributed by atoms with Gasteiger partial charge in [-0.2, -0.15) is 0 Å². The minimum Gasteiger partial charge on any atom is -0.481 e. The van der Waals surface area contributed by atoms with E-state index in [9.17, 15) is 14.4 Å². The van der Waals surface area contributed by atoms with E-state index in [1.165, 1.54) is 11.1 Å². The molecular formula is C27H30N2O5. The van der Waals surface area contributed by atoms with Crippen LogP contribution in [0.5, 0.6) is 0 Å². The number of ether oxygens (including phenoxy) is 1. The predicted molar refractivity (Wildman–Crippen MR) is 126 cm³/mol. The molecule has 2 aromatic rings. The van der Waals surface area contributed by atoms with Crippen molar-refractivity contribution in [3.8, 4) is 11.1 Å². The molecule has 7 nitrogen and oxygen atoms in total. The van der Waals surface area contributed by atoms with Gasteiger partial charge in [-0.05, 0) is 53.4 Å². The van der Waals surface area contributed by atoms with Crippen LogP contribution in [0.2, 0.25) is 0 Å². The zero-order valence-corrected chi connectivity index (χ0v) is 19.0. The van der Waals surface area contributed by atoms with Crippen molar-refractivity contribution in [3.63, 3.8) is 0 Å². The standard InChI is InChI=1S/C27H30N2O5/c30-25(28-13-17-12-22(17)26(31)32)23(16-6-5-7-16)14-29-27(33)34-15-24-20-10-3-1-8-18(20)19-9-2-4-11-21(19)24/h1-4,8-11,16-17,22-24H,5-7,12-15H2,(H,28,30)(H,29,33)(H,31,32). The lowest BCUT2D eigenvalue weighted by atomic mass is 9.75. The molecule has 3 atom stereocenters. The summed E-state index contributed by atoms with van der Waals surface area (Å²) in [5, 5.41) is 14.7. The van der Waals surface area contributed by atoms with Crippen molar-refractivity contribution < 1.29 is 24.2 Å². The van der Waals surface area contributed by atoms with Crippen LogP contribution in [0.4, 0.5) is 4.79 Å². The number of carbonyl (C=O) groups is 3. The monoisotopic (exact) mass is 462 g/mol. The van der Waals surface area contributed by atoms with Crippen LogP contribution >= 0.6 is 0 Å². The molecule has 3 aliphatic carbocycles. The van der Waals surface area contributed by atoms with E-state index in [2.05, 4.69) is 34.9 Å². The molecule has 0 aliphatic heterocycles. The summed E-state index contributed by atoms with van der Waals surface area (Å²) in [6.07, 6.45) is 3.11. The Morgan fingerprint density at radius 3 is 2.18 bits per heavy atom. The van der Waals surface area contributed by atoms with Gasteiger partial charge in [-0.3, -0.25) is 9.59 Å². The maximum Gasteiger partial charge on any atom is 0.407 e. The Hall–Kier alpha value is -3.35. The van der Waals surface area contributed by atoms with Gasteiger partial charge in [-0.15, -0.1) is 0 Å². The van der Waals surface area contributed by atoms with Crippen molar-refractivity contribution in [1.29, 1.82) is 0 Å². The van der Waals surface area contributed by atoms with Crippen molar-refractivity contribution in [2.24, 2.45) is 23.7 Å². The lowest BCUT2D eigenvalue weighted by molar-refractivity contribution is -0.139. The fourth-order valence-corrected chi connectivity index (χ4v) is 5.30. The first kappa shape index (κ1) is 22.4. The molecule has 0 radical (unpaired) electrons. The number of rotatable bonds is 9. The van der Waals surface area contributed by atoms with E-state index in [4.69, 9.17) is 9.84 Å². The van der Waals surface area contributed by atoms with Gasteiger partial charge in [0.25, 0.3) is 0 Å². The number of carboxylic acid groups (broad SMARTS) is 1. The summed E-state index contributed by atoms with van der Waals surface area (Å²) in [5.41, 5.74) is 4.66. The quantitative estimate of drug-likeness (QED) is 0.526. The maximum atomic E-state index is 12.8. The number of carbonyl (C=O) groups excluding carboxylic acids is 2. The Morgan fingerprint density at radius 1 is 0.971 bits per heavy atom. The number of nitrogens with one attached hydrogen (secondary N) is 2. The van der Waals surface area contributed by atoms with Crippen molar-refractivity contribution >= 4 is 18.0 Å². The SMILES string of the molecule is O=C(NCC(C(=O)NCC1CC1C(=O)O)C1CCC1)OCC1c2ccccc2-c2ccccc21. The minimum absolute atomic E-state index is 0.00963. The van der Waals surface area contributed by atoms with Crippen molar-refractivity contribution in [1.82, 2.24) is 10.6 Å². The molecule has 178 valence electrons. The van der Waals surface area contributed by atoms with Gasteiger partial charge in [0.2, 0.25) is 5.91 Å². The van der Waals surface area contributed by atoms with Crippen LogP contribution in [0.3, 0.4) is 0 Å².